The molecule has 0 saturated carbocycles. The summed E-state index contributed by atoms with van der Waals surface area (Å²) in [6.07, 6.45) is 1.02. The highest BCUT2D eigenvalue weighted by Gasteiger charge is 2.34. The highest BCUT2D eigenvalue weighted by atomic mass is 19.1. The molecule has 1 N–H and O–H groups in total. The molecule has 0 spiro atoms. The zero-order valence-corrected chi connectivity index (χ0v) is 20.5. The lowest BCUT2D eigenvalue weighted by Crippen LogP contribution is -2.28. The van der Waals surface area contributed by atoms with E-state index in [2.05, 4.69) is 11.1 Å². The summed E-state index contributed by atoms with van der Waals surface area (Å²) < 4.78 is 27.7. The maximum atomic E-state index is 15.8. The number of carbonyl (C=O) groups is 1. The van der Waals surface area contributed by atoms with Gasteiger partial charge in [0.15, 0.2) is 6.10 Å². The van der Waals surface area contributed by atoms with Crippen LogP contribution in [0.4, 0.5) is 4.39 Å². The molecule has 0 fully saturated rings. The molecule has 0 aliphatic carbocycles. The summed E-state index contributed by atoms with van der Waals surface area (Å²) in [5, 5.41) is 21.3. The molecule has 6 nitrogen and oxygen atoms in total. The van der Waals surface area contributed by atoms with Crippen molar-refractivity contribution in [3.05, 3.63) is 70.7 Å². The number of nitriles is 1. The Morgan fingerprint density at radius 2 is 2.00 bits per heavy atom. The van der Waals surface area contributed by atoms with Crippen LogP contribution in [0.2, 0.25) is 0 Å². The lowest BCUT2D eigenvalue weighted by atomic mass is 9.84. The molecule has 1 aromatic heterocycles. The largest absolute Gasteiger partial charge is 0.493 e. The van der Waals surface area contributed by atoms with Gasteiger partial charge in [0.05, 0.1) is 29.4 Å². The Morgan fingerprint density at radius 1 is 1.22 bits per heavy atom. The van der Waals surface area contributed by atoms with Crippen molar-refractivity contribution in [2.24, 2.45) is 0 Å². The van der Waals surface area contributed by atoms with Gasteiger partial charge >= 0.3 is 5.97 Å². The molecular formula is C29H25FN2O4. The summed E-state index contributed by atoms with van der Waals surface area (Å²) in [6, 6.07) is 12.5. The molecule has 0 saturated heterocycles. The fourth-order valence-electron chi connectivity index (χ4n) is 4.97. The summed E-state index contributed by atoms with van der Waals surface area (Å²) in [6.45, 7) is 7.39. The van der Waals surface area contributed by atoms with Crippen LogP contribution >= 0.6 is 0 Å². The minimum absolute atomic E-state index is 0.154. The summed E-state index contributed by atoms with van der Waals surface area (Å²) in [4.78, 5) is 17.2. The van der Waals surface area contributed by atoms with Crippen LogP contribution in [0.1, 0.15) is 49.1 Å². The van der Waals surface area contributed by atoms with E-state index in [1.807, 2.05) is 18.2 Å². The molecule has 2 heterocycles. The first-order chi connectivity index (χ1) is 17.1. The third-order valence-electron chi connectivity index (χ3n) is 6.45. The first-order valence-corrected chi connectivity index (χ1v) is 11.7. The van der Waals surface area contributed by atoms with Crippen LogP contribution in [0.15, 0.2) is 42.6 Å². The van der Waals surface area contributed by atoms with Crippen molar-refractivity contribution in [2.75, 3.05) is 6.61 Å². The molecule has 1 aliphatic rings. The standard InChI is InChI=1S/C29H25FN2O4/c1-15-22(27(28(33)34)36-29(2,3)4)24(18-6-5-16(14-31)13-20(18)25(15)30)19-7-8-21-23-17(10-12-35-21)9-11-32-26(19)23/h5-9,11,13,27H,10,12H2,1-4H3,(H,33,34). The summed E-state index contributed by atoms with van der Waals surface area (Å²) in [5.74, 6) is -1.09. The third-order valence-corrected chi connectivity index (χ3v) is 6.45. The van der Waals surface area contributed by atoms with E-state index in [1.54, 1.807) is 46.0 Å². The molecule has 0 amide bonds. The van der Waals surface area contributed by atoms with Crippen LogP contribution in [0.3, 0.4) is 0 Å². The Hall–Kier alpha value is -4.02. The van der Waals surface area contributed by atoms with Gasteiger partial charge in [0.1, 0.15) is 11.6 Å². The van der Waals surface area contributed by atoms with Crippen molar-refractivity contribution in [1.29, 1.82) is 5.26 Å². The highest BCUT2D eigenvalue weighted by molar-refractivity contribution is 6.09. The van der Waals surface area contributed by atoms with Gasteiger partial charge in [-0.15, -0.1) is 0 Å². The van der Waals surface area contributed by atoms with Gasteiger partial charge in [-0.25, -0.2) is 9.18 Å². The molecule has 4 aromatic rings. The number of nitrogens with zero attached hydrogens (tertiary/aromatic N) is 2. The summed E-state index contributed by atoms with van der Waals surface area (Å²) in [5.41, 5.74) is 2.78. The molecular weight excluding hydrogens is 459 g/mol. The Balaban J connectivity index is 1.96. The van der Waals surface area contributed by atoms with E-state index in [9.17, 15) is 15.2 Å². The third kappa shape index (κ3) is 3.84. The first kappa shape index (κ1) is 23.7. The van der Waals surface area contributed by atoms with Crippen molar-refractivity contribution in [2.45, 2.75) is 45.8 Å². The van der Waals surface area contributed by atoms with Crippen LogP contribution < -0.4 is 4.74 Å². The van der Waals surface area contributed by atoms with Crippen LogP contribution in [0.5, 0.6) is 5.75 Å². The Bertz CT molecular complexity index is 1590. The fraction of sp³-hybridized carbons (Fsp3) is 0.276. The number of pyridine rings is 1. The number of carboxylic acid groups (broad SMARTS) is 1. The average Bonchev–Trinajstić information content (AvgIpc) is 2.85. The summed E-state index contributed by atoms with van der Waals surface area (Å²) >= 11 is 0. The van der Waals surface area contributed by atoms with E-state index in [1.165, 1.54) is 6.07 Å². The number of ether oxygens (including phenoxy) is 2. The van der Waals surface area contributed by atoms with Gasteiger partial charge in [0.2, 0.25) is 0 Å². The first-order valence-electron chi connectivity index (χ1n) is 11.7. The van der Waals surface area contributed by atoms with Gasteiger partial charge in [-0.3, -0.25) is 4.98 Å². The Kier molecular flexibility index (Phi) is 5.65. The van der Waals surface area contributed by atoms with Gasteiger partial charge in [0.25, 0.3) is 0 Å². The van der Waals surface area contributed by atoms with Crippen molar-refractivity contribution in [3.63, 3.8) is 0 Å². The van der Waals surface area contributed by atoms with Crippen LogP contribution in [0.25, 0.3) is 32.8 Å². The smallest absolute Gasteiger partial charge is 0.337 e. The molecule has 1 unspecified atom stereocenters. The van der Waals surface area contributed by atoms with Crippen molar-refractivity contribution >= 4 is 27.6 Å². The van der Waals surface area contributed by atoms with Crippen molar-refractivity contribution < 1.29 is 23.8 Å². The summed E-state index contributed by atoms with van der Waals surface area (Å²) in [7, 11) is 0. The minimum atomic E-state index is -1.43. The van der Waals surface area contributed by atoms with Gasteiger partial charge in [-0.05, 0) is 80.1 Å². The molecule has 182 valence electrons. The molecule has 5 rings (SSSR count). The number of carboxylic acids is 1. The molecule has 0 bridgehead atoms. The predicted octanol–water partition coefficient (Wildman–Crippen LogP) is 6.25. The second-order valence-electron chi connectivity index (χ2n) is 9.95. The van der Waals surface area contributed by atoms with Gasteiger partial charge < -0.3 is 14.6 Å². The van der Waals surface area contributed by atoms with Gasteiger partial charge in [-0.1, -0.05) is 6.07 Å². The maximum Gasteiger partial charge on any atom is 0.337 e. The average molecular weight is 485 g/mol. The van der Waals surface area contributed by atoms with Crippen molar-refractivity contribution in [3.8, 4) is 22.9 Å². The van der Waals surface area contributed by atoms with E-state index < -0.39 is 23.5 Å². The molecule has 7 heteroatoms. The number of aliphatic carboxylic acids is 1. The Labute approximate surface area is 207 Å². The number of hydrogen-bond acceptors (Lipinski definition) is 5. The van der Waals surface area contributed by atoms with E-state index in [0.29, 0.717) is 39.9 Å². The van der Waals surface area contributed by atoms with Gasteiger partial charge in [0, 0.05) is 34.5 Å². The quantitative estimate of drug-likeness (QED) is 0.368. The SMILES string of the molecule is Cc1c(C(OC(C)(C)C)C(=O)O)c(-c2ccc3c4c(ccnc24)CCO3)c2ccc(C#N)cc2c1F. The number of rotatable bonds is 4. The number of aromatic nitrogens is 1. The van der Waals surface area contributed by atoms with E-state index >= 15 is 4.39 Å². The predicted molar refractivity (Wildman–Crippen MR) is 135 cm³/mol. The van der Waals surface area contributed by atoms with Crippen LogP contribution in [-0.4, -0.2) is 28.3 Å². The van der Waals surface area contributed by atoms with Gasteiger partial charge in [-0.2, -0.15) is 5.26 Å². The molecule has 0 radical (unpaired) electrons. The zero-order chi connectivity index (χ0) is 25.8. The van der Waals surface area contributed by atoms with Crippen LogP contribution in [-0.2, 0) is 16.0 Å². The normalized spacial score (nSPS) is 13.9. The Morgan fingerprint density at radius 3 is 2.69 bits per heavy atom. The van der Waals surface area contributed by atoms with E-state index in [-0.39, 0.29) is 16.5 Å². The second kappa shape index (κ2) is 8.58. The molecule has 1 atom stereocenters. The highest BCUT2D eigenvalue weighted by Crippen LogP contribution is 2.46. The van der Waals surface area contributed by atoms with Crippen LogP contribution in [0, 0.1) is 24.1 Å². The van der Waals surface area contributed by atoms with E-state index in [0.717, 1.165) is 17.4 Å². The fourth-order valence-corrected chi connectivity index (χ4v) is 4.97. The second-order valence-corrected chi connectivity index (χ2v) is 9.95. The topological polar surface area (TPSA) is 92.4 Å². The zero-order valence-electron chi connectivity index (χ0n) is 20.5. The van der Waals surface area contributed by atoms with E-state index in [4.69, 9.17) is 9.47 Å². The lowest BCUT2D eigenvalue weighted by Gasteiger charge is -2.29. The molecule has 36 heavy (non-hydrogen) atoms. The number of halogens is 1. The molecule has 1 aliphatic heterocycles. The number of fused-ring (bicyclic) bond motifs is 1. The van der Waals surface area contributed by atoms with Crippen molar-refractivity contribution in [1.82, 2.24) is 4.98 Å². The number of hydrogen-bond donors (Lipinski definition) is 1. The number of benzene rings is 3. The maximum absolute atomic E-state index is 15.8. The lowest BCUT2D eigenvalue weighted by molar-refractivity contribution is -0.160. The minimum Gasteiger partial charge on any atom is -0.493 e. The monoisotopic (exact) mass is 484 g/mol. The molecule has 3 aromatic carbocycles.